The minimum absolute atomic E-state index is 0. The summed E-state index contributed by atoms with van der Waals surface area (Å²) in [5.74, 6) is -1.84. The molecule has 1 aromatic rings. The predicted molar refractivity (Wildman–Crippen MR) is 64.8 cm³/mol. The predicted octanol–water partition coefficient (Wildman–Crippen LogP) is 0.543. The van der Waals surface area contributed by atoms with Gasteiger partial charge in [0.15, 0.2) is 0 Å². The van der Waals surface area contributed by atoms with E-state index in [4.69, 9.17) is 22.4 Å². The van der Waals surface area contributed by atoms with Crippen molar-refractivity contribution in [3.8, 4) is 0 Å². The zero-order valence-electron chi connectivity index (χ0n) is 8.64. The lowest BCUT2D eigenvalue weighted by molar-refractivity contribution is 0.0690. The highest BCUT2D eigenvalue weighted by Crippen LogP contribution is 2.13. The third-order valence-corrected chi connectivity index (χ3v) is 1.94. The molecule has 0 aliphatic heterocycles. The number of nitrogens with zero attached hydrogens (tertiary/aromatic N) is 1. The maximum Gasteiger partial charge on any atom is 0.338 e. The SMILES string of the molecule is Cl.NCCNC(=O)c1ncc(Cl)cc1C(=O)O. The Bertz CT molecular complexity index is 426. The van der Waals surface area contributed by atoms with Crippen molar-refractivity contribution in [3.63, 3.8) is 0 Å². The average molecular weight is 280 g/mol. The Balaban J connectivity index is 0.00000256. The Morgan fingerprint density at radius 3 is 2.71 bits per heavy atom. The molecule has 1 aromatic heterocycles. The molecule has 0 radical (unpaired) electrons. The van der Waals surface area contributed by atoms with Gasteiger partial charge >= 0.3 is 5.97 Å². The van der Waals surface area contributed by atoms with Crippen molar-refractivity contribution in [1.29, 1.82) is 0 Å². The molecule has 0 saturated heterocycles. The van der Waals surface area contributed by atoms with E-state index in [1.54, 1.807) is 0 Å². The third kappa shape index (κ3) is 4.18. The van der Waals surface area contributed by atoms with E-state index in [9.17, 15) is 9.59 Å². The maximum atomic E-state index is 11.5. The molecule has 1 amide bonds. The summed E-state index contributed by atoms with van der Waals surface area (Å²) in [4.78, 5) is 26.0. The first-order chi connectivity index (χ1) is 7.56. The van der Waals surface area contributed by atoms with Crippen LogP contribution in [-0.4, -0.2) is 35.1 Å². The van der Waals surface area contributed by atoms with Crippen LogP contribution in [0.25, 0.3) is 0 Å². The van der Waals surface area contributed by atoms with E-state index in [2.05, 4.69) is 10.3 Å². The number of amides is 1. The van der Waals surface area contributed by atoms with Crippen LogP contribution in [0.15, 0.2) is 12.3 Å². The largest absolute Gasteiger partial charge is 0.478 e. The highest BCUT2D eigenvalue weighted by atomic mass is 35.5. The fraction of sp³-hybridized carbons (Fsp3) is 0.222. The van der Waals surface area contributed by atoms with E-state index >= 15 is 0 Å². The summed E-state index contributed by atoms with van der Waals surface area (Å²) in [6, 6.07) is 1.17. The zero-order valence-corrected chi connectivity index (χ0v) is 10.2. The molecule has 0 fully saturated rings. The second-order valence-corrected chi connectivity index (χ2v) is 3.34. The second kappa shape index (κ2) is 7.05. The number of nitrogens with two attached hydrogens (primary N) is 1. The van der Waals surface area contributed by atoms with Gasteiger partial charge in [-0.05, 0) is 6.07 Å². The minimum Gasteiger partial charge on any atom is -0.478 e. The summed E-state index contributed by atoms with van der Waals surface area (Å²) < 4.78 is 0. The molecule has 4 N–H and O–H groups in total. The summed E-state index contributed by atoms with van der Waals surface area (Å²) in [6.07, 6.45) is 1.21. The van der Waals surface area contributed by atoms with Crippen molar-refractivity contribution in [3.05, 3.63) is 28.5 Å². The highest BCUT2D eigenvalue weighted by Gasteiger charge is 2.18. The number of pyridine rings is 1. The van der Waals surface area contributed by atoms with Crippen LogP contribution in [0.1, 0.15) is 20.8 Å². The van der Waals surface area contributed by atoms with Gasteiger partial charge in [0.05, 0.1) is 10.6 Å². The van der Waals surface area contributed by atoms with Crippen LogP contribution >= 0.6 is 24.0 Å². The maximum absolute atomic E-state index is 11.5. The van der Waals surface area contributed by atoms with Crippen molar-refractivity contribution in [2.24, 2.45) is 5.73 Å². The number of nitrogens with one attached hydrogen (secondary N) is 1. The van der Waals surface area contributed by atoms with Crippen molar-refractivity contribution in [1.82, 2.24) is 10.3 Å². The number of halogens is 2. The number of aromatic carboxylic acids is 1. The third-order valence-electron chi connectivity index (χ3n) is 1.73. The van der Waals surface area contributed by atoms with Gasteiger partial charge in [0.1, 0.15) is 5.69 Å². The van der Waals surface area contributed by atoms with E-state index in [1.165, 1.54) is 12.3 Å². The molecular formula is C9H11Cl2N3O3. The topological polar surface area (TPSA) is 105 Å². The fourth-order valence-electron chi connectivity index (χ4n) is 1.05. The summed E-state index contributed by atoms with van der Waals surface area (Å²) in [6.45, 7) is 0.518. The molecule has 1 rings (SSSR count). The molecule has 0 atom stereocenters. The van der Waals surface area contributed by atoms with Crippen LogP contribution in [0.4, 0.5) is 0 Å². The van der Waals surface area contributed by atoms with Crippen molar-refractivity contribution in [2.45, 2.75) is 0 Å². The Morgan fingerprint density at radius 2 is 2.18 bits per heavy atom. The molecule has 0 aliphatic carbocycles. The van der Waals surface area contributed by atoms with Crippen molar-refractivity contribution >= 4 is 35.9 Å². The molecular weight excluding hydrogens is 269 g/mol. The summed E-state index contributed by atoms with van der Waals surface area (Å²) >= 11 is 5.59. The quantitative estimate of drug-likeness (QED) is 0.746. The number of hydrogen-bond donors (Lipinski definition) is 3. The van der Waals surface area contributed by atoms with E-state index in [-0.39, 0.29) is 41.8 Å². The number of carbonyl (C=O) groups is 2. The Labute approximate surface area is 109 Å². The van der Waals surface area contributed by atoms with Crippen LogP contribution in [0.2, 0.25) is 5.02 Å². The number of aromatic nitrogens is 1. The first-order valence-corrected chi connectivity index (χ1v) is 4.81. The van der Waals surface area contributed by atoms with Gasteiger partial charge in [0.25, 0.3) is 5.91 Å². The highest BCUT2D eigenvalue weighted by molar-refractivity contribution is 6.31. The Morgan fingerprint density at radius 1 is 1.53 bits per heavy atom. The van der Waals surface area contributed by atoms with E-state index < -0.39 is 11.9 Å². The number of rotatable bonds is 4. The summed E-state index contributed by atoms with van der Waals surface area (Å²) in [5.41, 5.74) is 4.79. The first-order valence-electron chi connectivity index (χ1n) is 4.43. The van der Waals surface area contributed by atoms with Crippen molar-refractivity contribution in [2.75, 3.05) is 13.1 Å². The van der Waals surface area contributed by atoms with E-state index in [0.29, 0.717) is 0 Å². The van der Waals surface area contributed by atoms with Crippen molar-refractivity contribution < 1.29 is 14.7 Å². The van der Waals surface area contributed by atoms with Crippen LogP contribution in [0.3, 0.4) is 0 Å². The zero-order chi connectivity index (χ0) is 12.1. The average Bonchev–Trinajstić information content (AvgIpc) is 2.25. The second-order valence-electron chi connectivity index (χ2n) is 2.90. The van der Waals surface area contributed by atoms with Gasteiger partial charge in [-0.3, -0.25) is 4.79 Å². The Hall–Kier alpha value is -1.37. The lowest BCUT2D eigenvalue weighted by Crippen LogP contribution is -2.31. The molecule has 0 spiro atoms. The monoisotopic (exact) mass is 279 g/mol. The molecule has 8 heteroatoms. The smallest absolute Gasteiger partial charge is 0.338 e. The summed E-state index contributed by atoms with van der Waals surface area (Å²) in [5, 5.41) is 11.5. The van der Waals surface area contributed by atoms with Crippen LogP contribution < -0.4 is 11.1 Å². The molecule has 0 saturated carbocycles. The standard InChI is InChI=1S/C9H10ClN3O3.ClH/c10-5-3-6(9(15)16)7(13-4-5)8(14)12-2-1-11;/h3-4H,1-2,11H2,(H,12,14)(H,15,16);1H. The lowest BCUT2D eigenvalue weighted by atomic mass is 10.2. The van der Waals surface area contributed by atoms with E-state index in [0.717, 1.165) is 0 Å². The first kappa shape index (κ1) is 15.6. The molecule has 0 aliphatic rings. The van der Waals surface area contributed by atoms with Gasteiger partial charge in [0.2, 0.25) is 0 Å². The number of carboxylic acids is 1. The van der Waals surface area contributed by atoms with Gasteiger partial charge in [-0.2, -0.15) is 0 Å². The molecule has 0 unspecified atom stereocenters. The number of carbonyl (C=O) groups excluding carboxylic acids is 1. The molecule has 1 heterocycles. The molecule has 0 bridgehead atoms. The van der Waals surface area contributed by atoms with Crippen LogP contribution in [0, 0.1) is 0 Å². The van der Waals surface area contributed by atoms with Crippen LogP contribution in [0.5, 0.6) is 0 Å². The normalized spacial score (nSPS) is 9.29. The lowest BCUT2D eigenvalue weighted by Gasteiger charge is -2.05. The fourth-order valence-corrected chi connectivity index (χ4v) is 1.21. The molecule has 6 nitrogen and oxygen atoms in total. The van der Waals surface area contributed by atoms with E-state index in [1.807, 2.05) is 0 Å². The molecule has 17 heavy (non-hydrogen) atoms. The van der Waals surface area contributed by atoms with Gasteiger partial charge in [-0.25, -0.2) is 9.78 Å². The Kier molecular flexibility index (Phi) is 6.48. The minimum atomic E-state index is -1.26. The molecule has 94 valence electrons. The summed E-state index contributed by atoms with van der Waals surface area (Å²) in [7, 11) is 0. The van der Waals surface area contributed by atoms with Gasteiger partial charge < -0.3 is 16.2 Å². The number of hydrogen-bond acceptors (Lipinski definition) is 4. The van der Waals surface area contributed by atoms with Crippen LogP contribution in [-0.2, 0) is 0 Å². The van der Waals surface area contributed by atoms with Gasteiger partial charge in [-0.1, -0.05) is 11.6 Å². The molecule has 0 aromatic carbocycles. The van der Waals surface area contributed by atoms with Gasteiger partial charge in [-0.15, -0.1) is 12.4 Å². The van der Waals surface area contributed by atoms with Gasteiger partial charge in [0, 0.05) is 19.3 Å². The number of carboxylic acid groups (broad SMARTS) is 1.